The maximum absolute atomic E-state index is 12.5. The van der Waals surface area contributed by atoms with Gasteiger partial charge in [-0.25, -0.2) is 4.79 Å². The molecule has 24 heavy (non-hydrogen) atoms. The Balaban J connectivity index is 1.64. The third-order valence-electron chi connectivity index (χ3n) is 5.26. The molecule has 0 aromatic heterocycles. The molecular weight excluding hydrogens is 376 g/mol. The van der Waals surface area contributed by atoms with Crippen LogP contribution in [0, 0.1) is 11.3 Å². The van der Waals surface area contributed by atoms with E-state index >= 15 is 0 Å². The normalized spacial score (nSPS) is 25.4. The molecule has 2 aliphatic rings. The number of carboxylic acid groups (broad SMARTS) is 1. The Morgan fingerprint density at radius 2 is 2.29 bits per heavy atom. The molecule has 0 unspecified atom stereocenters. The lowest BCUT2D eigenvalue weighted by Gasteiger charge is -2.23. The van der Waals surface area contributed by atoms with Gasteiger partial charge in [0.15, 0.2) is 0 Å². The number of urea groups is 1. The van der Waals surface area contributed by atoms with Gasteiger partial charge in [-0.05, 0) is 30.9 Å². The van der Waals surface area contributed by atoms with Crippen molar-refractivity contribution in [1.82, 2.24) is 10.2 Å². The minimum absolute atomic E-state index is 0.0722. The van der Waals surface area contributed by atoms with Crippen LogP contribution in [-0.4, -0.2) is 42.2 Å². The lowest BCUT2D eigenvalue weighted by Crippen LogP contribution is -2.41. The van der Waals surface area contributed by atoms with Crippen molar-refractivity contribution in [1.29, 1.82) is 0 Å². The molecule has 1 saturated carbocycles. The first-order valence-corrected chi connectivity index (χ1v) is 8.84. The van der Waals surface area contributed by atoms with Gasteiger partial charge in [-0.3, -0.25) is 4.79 Å². The number of methoxy groups -OCH3 is 1. The molecular formula is C17H21BrN2O4. The fourth-order valence-electron chi connectivity index (χ4n) is 3.94. The summed E-state index contributed by atoms with van der Waals surface area (Å²) in [4.78, 5) is 25.8. The summed E-state index contributed by atoms with van der Waals surface area (Å²) in [7, 11) is 1.59. The minimum atomic E-state index is -0.769. The summed E-state index contributed by atoms with van der Waals surface area (Å²) >= 11 is 3.39. The van der Waals surface area contributed by atoms with Crippen LogP contribution < -0.4 is 10.1 Å². The van der Waals surface area contributed by atoms with Crippen LogP contribution in [0.25, 0.3) is 0 Å². The van der Waals surface area contributed by atoms with Gasteiger partial charge in [0.05, 0.1) is 12.5 Å². The topological polar surface area (TPSA) is 78.9 Å². The van der Waals surface area contributed by atoms with Gasteiger partial charge in [0, 0.05) is 29.7 Å². The quantitative estimate of drug-likeness (QED) is 0.819. The molecule has 1 heterocycles. The van der Waals surface area contributed by atoms with Gasteiger partial charge in [0.2, 0.25) is 0 Å². The van der Waals surface area contributed by atoms with E-state index in [1.807, 2.05) is 18.2 Å². The predicted molar refractivity (Wildman–Crippen MR) is 91.9 cm³/mol. The van der Waals surface area contributed by atoms with Gasteiger partial charge in [-0.15, -0.1) is 0 Å². The fraction of sp³-hybridized carbons (Fsp3) is 0.529. The van der Waals surface area contributed by atoms with E-state index in [4.69, 9.17) is 4.74 Å². The number of benzene rings is 1. The van der Waals surface area contributed by atoms with Crippen LogP contribution in [0.5, 0.6) is 5.75 Å². The van der Waals surface area contributed by atoms with E-state index in [9.17, 15) is 14.7 Å². The SMILES string of the molecule is COc1cc(Br)ccc1CNC(=O)N1C[C@@H]2CCC[C@@]2(C(=O)O)C1. The standard InChI is InChI=1S/C17H21BrN2O4/c1-24-14-7-13(18)5-4-11(14)8-19-16(23)20-9-12-3-2-6-17(12,10-20)15(21)22/h4-5,7,12H,2-3,6,8-10H2,1H3,(H,19,23)(H,21,22)/t12-,17+/m0/s1. The summed E-state index contributed by atoms with van der Waals surface area (Å²) in [6.45, 7) is 1.17. The number of carbonyl (C=O) groups excluding carboxylic acids is 1. The number of aliphatic carboxylic acids is 1. The molecule has 3 rings (SSSR count). The van der Waals surface area contributed by atoms with E-state index in [0.29, 0.717) is 31.8 Å². The number of carbonyl (C=O) groups is 2. The molecule has 130 valence electrons. The van der Waals surface area contributed by atoms with Gasteiger partial charge >= 0.3 is 12.0 Å². The fourth-order valence-corrected chi connectivity index (χ4v) is 4.28. The molecule has 6 nitrogen and oxygen atoms in total. The highest BCUT2D eigenvalue weighted by molar-refractivity contribution is 9.10. The highest BCUT2D eigenvalue weighted by atomic mass is 79.9. The molecule has 1 aliphatic heterocycles. The predicted octanol–water partition coefficient (Wildman–Crippen LogP) is 2.85. The second kappa shape index (κ2) is 6.63. The van der Waals surface area contributed by atoms with E-state index in [0.717, 1.165) is 22.9 Å². The van der Waals surface area contributed by atoms with E-state index in [1.165, 1.54) is 0 Å². The highest BCUT2D eigenvalue weighted by Gasteiger charge is 2.55. The second-order valence-electron chi connectivity index (χ2n) is 6.55. The maximum atomic E-state index is 12.5. The van der Waals surface area contributed by atoms with E-state index in [1.54, 1.807) is 12.0 Å². The number of ether oxygens (including phenoxy) is 1. The molecule has 1 aromatic rings. The zero-order valence-electron chi connectivity index (χ0n) is 13.5. The van der Waals surface area contributed by atoms with Crippen LogP contribution in [0.3, 0.4) is 0 Å². The first-order chi connectivity index (χ1) is 11.5. The van der Waals surface area contributed by atoms with Crippen LogP contribution >= 0.6 is 15.9 Å². The Labute approximate surface area is 149 Å². The smallest absolute Gasteiger partial charge is 0.317 e. The van der Waals surface area contributed by atoms with Gasteiger partial charge in [0.1, 0.15) is 5.75 Å². The summed E-state index contributed by atoms with van der Waals surface area (Å²) in [5.74, 6) is 0.00261. The van der Waals surface area contributed by atoms with Crippen molar-refractivity contribution in [2.24, 2.45) is 11.3 Å². The van der Waals surface area contributed by atoms with Crippen LogP contribution in [0.1, 0.15) is 24.8 Å². The number of amides is 2. The second-order valence-corrected chi connectivity index (χ2v) is 7.46. The van der Waals surface area contributed by atoms with Crippen molar-refractivity contribution >= 4 is 27.9 Å². The summed E-state index contributed by atoms with van der Waals surface area (Å²) in [6.07, 6.45) is 2.48. The van der Waals surface area contributed by atoms with Gasteiger partial charge < -0.3 is 20.1 Å². The molecule has 1 aromatic carbocycles. The number of nitrogens with zero attached hydrogens (tertiary/aromatic N) is 1. The van der Waals surface area contributed by atoms with Crippen molar-refractivity contribution in [3.8, 4) is 5.75 Å². The van der Waals surface area contributed by atoms with Crippen molar-refractivity contribution in [3.05, 3.63) is 28.2 Å². The zero-order chi connectivity index (χ0) is 17.3. The van der Waals surface area contributed by atoms with Gasteiger partial charge in [-0.2, -0.15) is 0 Å². The molecule has 0 spiro atoms. The summed E-state index contributed by atoms with van der Waals surface area (Å²) in [5.41, 5.74) is 0.133. The van der Waals surface area contributed by atoms with Crippen molar-refractivity contribution in [3.63, 3.8) is 0 Å². The number of carboxylic acids is 1. The highest BCUT2D eigenvalue weighted by Crippen LogP contribution is 2.48. The average Bonchev–Trinajstić information content (AvgIpc) is 3.11. The Morgan fingerprint density at radius 3 is 2.96 bits per heavy atom. The van der Waals surface area contributed by atoms with Gasteiger partial charge in [-0.1, -0.05) is 28.4 Å². The number of likely N-dealkylation sites (tertiary alicyclic amines) is 1. The summed E-state index contributed by atoms with van der Waals surface area (Å²) in [6, 6.07) is 5.42. The number of halogens is 1. The third kappa shape index (κ3) is 2.97. The average molecular weight is 397 g/mol. The first-order valence-electron chi connectivity index (χ1n) is 8.05. The van der Waals surface area contributed by atoms with Gasteiger partial charge in [0.25, 0.3) is 0 Å². The third-order valence-corrected chi connectivity index (χ3v) is 5.76. The molecule has 2 fully saturated rings. The van der Waals surface area contributed by atoms with E-state index in [-0.39, 0.29) is 11.9 Å². The lowest BCUT2D eigenvalue weighted by molar-refractivity contribution is -0.149. The Bertz CT molecular complexity index is 666. The Hall–Kier alpha value is -1.76. The molecule has 1 saturated heterocycles. The number of fused-ring (bicyclic) bond motifs is 1. The number of rotatable bonds is 4. The number of hydrogen-bond donors (Lipinski definition) is 2. The largest absolute Gasteiger partial charge is 0.496 e. The van der Waals surface area contributed by atoms with Crippen molar-refractivity contribution < 1.29 is 19.4 Å². The van der Waals surface area contributed by atoms with E-state index < -0.39 is 11.4 Å². The molecule has 0 radical (unpaired) electrons. The van der Waals surface area contributed by atoms with Crippen LogP contribution in [-0.2, 0) is 11.3 Å². The summed E-state index contributed by atoms with van der Waals surface area (Å²) < 4.78 is 6.23. The molecule has 1 aliphatic carbocycles. The molecule has 0 bridgehead atoms. The number of nitrogens with one attached hydrogen (secondary N) is 1. The molecule has 2 amide bonds. The maximum Gasteiger partial charge on any atom is 0.317 e. The van der Waals surface area contributed by atoms with Crippen LogP contribution in [0.2, 0.25) is 0 Å². The van der Waals surface area contributed by atoms with Crippen LogP contribution in [0.4, 0.5) is 4.79 Å². The van der Waals surface area contributed by atoms with Crippen molar-refractivity contribution in [2.45, 2.75) is 25.8 Å². The molecule has 2 atom stereocenters. The van der Waals surface area contributed by atoms with E-state index in [2.05, 4.69) is 21.2 Å². The lowest BCUT2D eigenvalue weighted by atomic mass is 9.81. The Morgan fingerprint density at radius 1 is 1.50 bits per heavy atom. The molecule has 2 N–H and O–H groups in total. The molecule has 7 heteroatoms. The monoisotopic (exact) mass is 396 g/mol. The van der Waals surface area contributed by atoms with Crippen molar-refractivity contribution in [2.75, 3.05) is 20.2 Å². The zero-order valence-corrected chi connectivity index (χ0v) is 15.1. The van der Waals surface area contributed by atoms with Crippen LogP contribution in [0.15, 0.2) is 22.7 Å². The minimum Gasteiger partial charge on any atom is -0.496 e. The first kappa shape index (κ1) is 17.1. The number of hydrogen-bond acceptors (Lipinski definition) is 3. The summed E-state index contributed by atoms with van der Waals surface area (Å²) in [5, 5.41) is 12.5. The Kier molecular flexibility index (Phi) is 4.71.